The third-order valence-electron chi connectivity index (χ3n) is 5.46. The zero-order valence-corrected chi connectivity index (χ0v) is 16.1. The number of aromatic nitrogens is 1. The number of hydrogen-bond donors (Lipinski definition) is 2. The monoisotopic (exact) mass is 385 g/mol. The second-order valence-electron chi connectivity index (χ2n) is 7.32. The summed E-state index contributed by atoms with van der Waals surface area (Å²) in [6.07, 6.45) is 5.42. The Bertz CT molecular complexity index is 1080. The molecule has 0 aliphatic carbocycles. The van der Waals surface area contributed by atoms with Crippen molar-refractivity contribution in [2.75, 3.05) is 25.0 Å². The Morgan fingerprint density at radius 1 is 1.21 bits per heavy atom. The number of pyridine rings is 1. The summed E-state index contributed by atoms with van der Waals surface area (Å²) >= 11 is 0. The van der Waals surface area contributed by atoms with Crippen molar-refractivity contribution in [2.45, 2.75) is 18.9 Å². The van der Waals surface area contributed by atoms with E-state index < -0.39 is 0 Å². The molecule has 1 amide bonds. The van der Waals surface area contributed by atoms with Gasteiger partial charge in [0.2, 0.25) is 5.91 Å². The summed E-state index contributed by atoms with van der Waals surface area (Å²) in [7, 11) is 0. The van der Waals surface area contributed by atoms with Gasteiger partial charge in [-0.2, -0.15) is 5.26 Å². The number of fused-ring (bicyclic) bond motifs is 1. The van der Waals surface area contributed by atoms with Crippen molar-refractivity contribution in [3.05, 3.63) is 60.4 Å². The van der Waals surface area contributed by atoms with Crippen molar-refractivity contribution in [1.29, 1.82) is 5.26 Å². The second-order valence-corrected chi connectivity index (χ2v) is 7.32. The molecule has 1 aliphatic heterocycles. The SMILES string of the molecule is N#Cc1cccc(-c2cc(NC3CCN(C(=O)CN)CC3)c3cnccc3c2)c1. The molecule has 0 saturated carbocycles. The maximum Gasteiger partial charge on any atom is 0.236 e. The molecule has 0 atom stereocenters. The minimum Gasteiger partial charge on any atom is -0.382 e. The molecule has 0 unspecified atom stereocenters. The maximum absolute atomic E-state index is 11.8. The minimum atomic E-state index is 0.0115. The van der Waals surface area contributed by atoms with E-state index in [4.69, 9.17) is 5.73 Å². The van der Waals surface area contributed by atoms with Gasteiger partial charge in [0.15, 0.2) is 0 Å². The molecule has 1 fully saturated rings. The Morgan fingerprint density at radius 2 is 2.03 bits per heavy atom. The number of amides is 1. The highest BCUT2D eigenvalue weighted by molar-refractivity contribution is 5.97. The van der Waals surface area contributed by atoms with Crippen LogP contribution >= 0.6 is 0 Å². The molecule has 0 spiro atoms. The van der Waals surface area contributed by atoms with Crippen LogP contribution in [0.1, 0.15) is 18.4 Å². The summed E-state index contributed by atoms with van der Waals surface area (Å²) in [5, 5.41) is 15.0. The number of rotatable bonds is 4. The largest absolute Gasteiger partial charge is 0.382 e. The van der Waals surface area contributed by atoms with E-state index in [1.165, 1.54) is 0 Å². The number of hydrogen-bond acceptors (Lipinski definition) is 5. The summed E-state index contributed by atoms with van der Waals surface area (Å²) in [6, 6.07) is 16.4. The van der Waals surface area contributed by atoms with Crippen molar-refractivity contribution in [1.82, 2.24) is 9.88 Å². The van der Waals surface area contributed by atoms with Crippen LogP contribution in [-0.2, 0) is 4.79 Å². The number of nitrogens with two attached hydrogens (primary N) is 1. The molecule has 0 radical (unpaired) electrons. The van der Waals surface area contributed by atoms with Gasteiger partial charge in [0.1, 0.15) is 0 Å². The van der Waals surface area contributed by atoms with E-state index >= 15 is 0 Å². The van der Waals surface area contributed by atoms with Crippen LogP contribution in [0, 0.1) is 11.3 Å². The highest BCUT2D eigenvalue weighted by atomic mass is 16.2. The highest BCUT2D eigenvalue weighted by Gasteiger charge is 2.22. The van der Waals surface area contributed by atoms with Gasteiger partial charge in [0.25, 0.3) is 0 Å². The predicted octanol–water partition coefficient (Wildman–Crippen LogP) is 3.14. The van der Waals surface area contributed by atoms with Gasteiger partial charge in [-0.1, -0.05) is 12.1 Å². The van der Waals surface area contributed by atoms with E-state index in [1.807, 2.05) is 41.4 Å². The third kappa shape index (κ3) is 4.05. The van der Waals surface area contributed by atoms with Crippen LogP contribution in [0.4, 0.5) is 5.69 Å². The molecule has 6 nitrogen and oxygen atoms in total. The van der Waals surface area contributed by atoms with E-state index in [-0.39, 0.29) is 18.5 Å². The molecule has 2 aromatic carbocycles. The van der Waals surface area contributed by atoms with Gasteiger partial charge in [0, 0.05) is 42.6 Å². The van der Waals surface area contributed by atoms with Crippen LogP contribution in [0.25, 0.3) is 21.9 Å². The number of nitrogens with zero attached hydrogens (tertiary/aromatic N) is 3. The normalized spacial score (nSPS) is 14.6. The predicted molar refractivity (Wildman–Crippen MR) is 114 cm³/mol. The fourth-order valence-electron chi connectivity index (χ4n) is 3.88. The Labute approximate surface area is 170 Å². The van der Waals surface area contributed by atoms with Gasteiger partial charge < -0.3 is 16.0 Å². The van der Waals surface area contributed by atoms with Crippen LogP contribution < -0.4 is 11.1 Å². The summed E-state index contributed by atoms with van der Waals surface area (Å²) in [5.74, 6) is 0.0115. The molecule has 29 heavy (non-hydrogen) atoms. The Kier molecular flexibility index (Phi) is 5.41. The molecule has 3 N–H and O–H groups in total. The molecule has 3 aromatic rings. The van der Waals surface area contributed by atoms with Crippen LogP contribution in [0.3, 0.4) is 0 Å². The lowest BCUT2D eigenvalue weighted by atomic mass is 9.98. The Hall–Kier alpha value is -3.43. The van der Waals surface area contributed by atoms with Crippen molar-refractivity contribution in [2.24, 2.45) is 5.73 Å². The molecule has 1 aliphatic rings. The molecule has 4 rings (SSSR count). The van der Waals surface area contributed by atoms with E-state index in [0.717, 1.165) is 40.4 Å². The number of likely N-dealkylation sites (tertiary alicyclic amines) is 1. The molecule has 1 saturated heterocycles. The molecule has 146 valence electrons. The van der Waals surface area contributed by atoms with Gasteiger partial charge in [-0.05, 0) is 59.7 Å². The van der Waals surface area contributed by atoms with Gasteiger partial charge in [-0.15, -0.1) is 0 Å². The van der Waals surface area contributed by atoms with Gasteiger partial charge >= 0.3 is 0 Å². The summed E-state index contributed by atoms with van der Waals surface area (Å²) in [5.41, 5.74) is 9.21. The third-order valence-corrected chi connectivity index (χ3v) is 5.46. The first kappa shape index (κ1) is 18.9. The van der Waals surface area contributed by atoms with Crippen molar-refractivity contribution in [3.8, 4) is 17.2 Å². The van der Waals surface area contributed by atoms with Gasteiger partial charge in [-0.3, -0.25) is 9.78 Å². The standard InChI is InChI=1S/C23H23N5O/c24-13-16-2-1-3-17(10-16)19-11-18-4-7-26-15-21(18)22(12-19)27-20-5-8-28(9-6-20)23(29)14-25/h1-4,7,10-12,15,20,27H,5-6,8-9,14,25H2. The number of anilines is 1. The number of nitrogens with one attached hydrogen (secondary N) is 1. The fraction of sp³-hybridized carbons (Fsp3) is 0.261. The zero-order chi connectivity index (χ0) is 20.2. The topological polar surface area (TPSA) is 95.0 Å². The highest BCUT2D eigenvalue weighted by Crippen LogP contribution is 2.32. The van der Waals surface area contributed by atoms with Crippen molar-refractivity contribution in [3.63, 3.8) is 0 Å². The number of carbonyl (C=O) groups is 1. The summed E-state index contributed by atoms with van der Waals surface area (Å²) < 4.78 is 0. The van der Waals surface area contributed by atoms with Crippen molar-refractivity contribution < 1.29 is 4.79 Å². The van der Waals surface area contributed by atoms with Crippen LogP contribution in [-0.4, -0.2) is 41.5 Å². The average Bonchev–Trinajstić information content (AvgIpc) is 2.79. The minimum absolute atomic E-state index is 0.0115. The lowest BCUT2D eigenvalue weighted by Gasteiger charge is -2.33. The Morgan fingerprint density at radius 3 is 2.79 bits per heavy atom. The van der Waals surface area contributed by atoms with E-state index in [1.54, 1.807) is 6.20 Å². The lowest BCUT2D eigenvalue weighted by Crippen LogP contribution is -2.44. The quantitative estimate of drug-likeness (QED) is 0.719. The molecular formula is C23H23N5O. The fourth-order valence-corrected chi connectivity index (χ4v) is 3.88. The molecule has 0 bridgehead atoms. The first-order valence-electron chi connectivity index (χ1n) is 9.80. The smallest absolute Gasteiger partial charge is 0.236 e. The number of nitriles is 1. The van der Waals surface area contributed by atoms with E-state index in [2.05, 4.69) is 28.5 Å². The molecule has 6 heteroatoms. The summed E-state index contributed by atoms with van der Waals surface area (Å²) in [4.78, 5) is 17.9. The van der Waals surface area contributed by atoms with Crippen LogP contribution in [0.15, 0.2) is 54.9 Å². The maximum atomic E-state index is 11.8. The Balaban J connectivity index is 1.63. The molecule has 1 aromatic heterocycles. The van der Waals surface area contributed by atoms with E-state index in [0.29, 0.717) is 18.7 Å². The first-order chi connectivity index (χ1) is 14.2. The van der Waals surface area contributed by atoms with Crippen molar-refractivity contribution >= 4 is 22.4 Å². The summed E-state index contributed by atoms with van der Waals surface area (Å²) in [6.45, 7) is 1.50. The second kappa shape index (κ2) is 8.29. The van der Waals surface area contributed by atoms with Gasteiger partial charge in [-0.25, -0.2) is 0 Å². The number of piperidine rings is 1. The molecular weight excluding hydrogens is 362 g/mol. The first-order valence-corrected chi connectivity index (χ1v) is 9.80. The van der Waals surface area contributed by atoms with Gasteiger partial charge in [0.05, 0.1) is 18.2 Å². The van der Waals surface area contributed by atoms with E-state index in [9.17, 15) is 10.1 Å². The van der Waals surface area contributed by atoms with Crippen LogP contribution in [0.5, 0.6) is 0 Å². The lowest BCUT2D eigenvalue weighted by molar-refractivity contribution is -0.130. The average molecular weight is 385 g/mol. The zero-order valence-electron chi connectivity index (χ0n) is 16.1. The van der Waals surface area contributed by atoms with Crippen LogP contribution in [0.2, 0.25) is 0 Å². The number of benzene rings is 2. The number of carbonyl (C=O) groups excluding carboxylic acids is 1. The molecule has 2 heterocycles.